The highest BCUT2D eigenvalue weighted by atomic mass is 15.2. The fourth-order valence-electron chi connectivity index (χ4n) is 3.83. The van der Waals surface area contributed by atoms with Crippen molar-refractivity contribution in [3.63, 3.8) is 0 Å². The lowest BCUT2D eigenvalue weighted by Crippen LogP contribution is -2.50. The van der Waals surface area contributed by atoms with Crippen LogP contribution in [0.5, 0.6) is 0 Å². The van der Waals surface area contributed by atoms with Crippen molar-refractivity contribution >= 4 is 0 Å². The van der Waals surface area contributed by atoms with E-state index in [4.69, 9.17) is 0 Å². The van der Waals surface area contributed by atoms with E-state index in [2.05, 4.69) is 17.1 Å². The molecule has 0 aromatic rings. The quantitative estimate of drug-likeness (QED) is 0.807. The van der Waals surface area contributed by atoms with E-state index in [1.165, 1.54) is 64.5 Å². The number of nitrogens with zero attached hydrogens (tertiary/aromatic N) is 1. The molecule has 3 fully saturated rings. The van der Waals surface area contributed by atoms with Crippen LogP contribution in [-0.2, 0) is 0 Å². The average molecular weight is 236 g/mol. The predicted octanol–water partition coefficient (Wildman–Crippen LogP) is 2.78. The van der Waals surface area contributed by atoms with E-state index in [1.807, 2.05) is 0 Å². The van der Waals surface area contributed by atoms with Crippen LogP contribution < -0.4 is 5.32 Å². The molecule has 1 saturated heterocycles. The second-order valence-corrected chi connectivity index (χ2v) is 6.56. The first-order chi connectivity index (χ1) is 8.33. The molecule has 98 valence electrons. The van der Waals surface area contributed by atoms with Crippen LogP contribution in [0.3, 0.4) is 0 Å². The minimum Gasteiger partial charge on any atom is -0.310 e. The maximum atomic E-state index is 3.83. The Morgan fingerprint density at radius 1 is 0.941 bits per heavy atom. The van der Waals surface area contributed by atoms with Crippen molar-refractivity contribution < 1.29 is 0 Å². The fraction of sp³-hybridized carbons (Fsp3) is 1.00. The zero-order chi connectivity index (χ0) is 11.7. The Morgan fingerprint density at radius 3 is 2.41 bits per heavy atom. The molecule has 1 aliphatic heterocycles. The van der Waals surface area contributed by atoms with Gasteiger partial charge in [0, 0.05) is 24.7 Å². The molecule has 17 heavy (non-hydrogen) atoms. The molecule has 2 nitrogen and oxygen atoms in total. The molecular weight excluding hydrogens is 208 g/mol. The Hall–Kier alpha value is -0.0800. The van der Waals surface area contributed by atoms with Crippen molar-refractivity contribution in [2.75, 3.05) is 13.1 Å². The van der Waals surface area contributed by atoms with Crippen molar-refractivity contribution in [3.05, 3.63) is 0 Å². The van der Waals surface area contributed by atoms with Crippen LogP contribution in [0.2, 0.25) is 0 Å². The van der Waals surface area contributed by atoms with Crippen LogP contribution in [-0.4, -0.2) is 36.1 Å². The van der Waals surface area contributed by atoms with E-state index in [9.17, 15) is 0 Å². The number of hydrogen-bond donors (Lipinski definition) is 1. The summed E-state index contributed by atoms with van der Waals surface area (Å²) in [7, 11) is 0. The monoisotopic (exact) mass is 236 g/mol. The van der Waals surface area contributed by atoms with Gasteiger partial charge in [0.05, 0.1) is 0 Å². The molecule has 3 aliphatic rings. The van der Waals surface area contributed by atoms with E-state index in [0.717, 1.165) is 24.0 Å². The summed E-state index contributed by atoms with van der Waals surface area (Å²) in [5, 5.41) is 3.83. The first-order valence-corrected chi connectivity index (χ1v) is 7.83. The van der Waals surface area contributed by atoms with Crippen LogP contribution in [0.15, 0.2) is 0 Å². The van der Waals surface area contributed by atoms with E-state index >= 15 is 0 Å². The molecule has 2 aliphatic carbocycles. The summed E-state index contributed by atoms with van der Waals surface area (Å²) < 4.78 is 0. The molecule has 0 spiro atoms. The molecule has 0 radical (unpaired) electrons. The van der Waals surface area contributed by atoms with Crippen LogP contribution in [0, 0.1) is 5.92 Å². The zero-order valence-corrected chi connectivity index (χ0v) is 11.3. The van der Waals surface area contributed by atoms with Crippen molar-refractivity contribution in [2.45, 2.75) is 76.4 Å². The summed E-state index contributed by atoms with van der Waals surface area (Å²) in [6, 6.07) is 2.50. The highest BCUT2D eigenvalue weighted by Gasteiger charge is 2.32. The van der Waals surface area contributed by atoms with E-state index in [1.54, 1.807) is 0 Å². The lowest BCUT2D eigenvalue weighted by molar-refractivity contribution is 0.109. The first kappa shape index (κ1) is 12.0. The van der Waals surface area contributed by atoms with Crippen LogP contribution in [0.1, 0.15) is 58.3 Å². The molecule has 0 aromatic carbocycles. The predicted molar refractivity (Wildman–Crippen MR) is 72.2 cm³/mol. The van der Waals surface area contributed by atoms with Gasteiger partial charge in [-0.05, 0) is 57.9 Å². The second kappa shape index (κ2) is 5.27. The van der Waals surface area contributed by atoms with Gasteiger partial charge in [-0.15, -0.1) is 0 Å². The number of likely N-dealkylation sites (tertiary alicyclic amines) is 1. The Balaban J connectivity index is 1.50. The maximum Gasteiger partial charge on any atom is 0.0198 e. The third kappa shape index (κ3) is 3.03. The van der Waals surface area contributed by atoms with E-state index < -0.39 is 0 Å². The minimum atomic E-state index is 0.792. The molecule has 1 heterocycles. The van der Waals surface area contributed by atoms with Gasteiger partial charge in [-0.25, -0.2) is 0 Å². The molecule has 2 heteroatoms. The Bertz CT molecular complexity index is 243. The van der Waals surface area contributed by atoms with Gasteiger partial charge in [-0.3, -0.25) is 4.90 Å². The summed E-state index contributed by atoms with van der Waals surface area (Å²) in [6.45, 7) is 5.14. The summed E-state index contributed by atoms with van der Waals surface area (Å²) in [4.78, 5) is 2.78. The molecule has 0 aromatic heterocycles. The smallest absolute Gasteiger partial charge is 0.0198 e. The molecule has 2 atom stereocenters. The third-order valence-corrected chi connectivity index (χ3v) is 5.16. The van der Waals surface area contributed by atoms with Gasteiger partial charge in [0.15, 0.2) is 0 Å². The van der Waals surface area contributed by atoms with E-state index in [0.29, 0.717) is 0 Å². The fourth-order valence-corrected chi connectivity index (χ4v) is 3.83. The first-order valence-electron chi connectivity index (χ1n) is 7.83. The molecule has 1 N–H and O–H groups in total. The van der Waals surface area contributed by atoms with Crippen molar-refractivity contribution in [1.82, 2.24) is 10.2 Å². The maximum absolute atomic E-state index is 3.83. The van der Waals surface area contributed by atoms with Crippen LogP contribution in [0.4, 0.5) is 0 Å². The van der Waals surface area contributed by atoms with Crippen molar-refractivity contribution in [2.24, 2.45) is 5.92 Å². The van der Waals surface area contributed by atoms with Gasteiger partial charge in [0.1, 0.15) is 0 Å². The Kier molecular flexibility index (Phi) is 3.72. The van der Waals surface area contributed by atoms with Gasteiger partial charge in [0.25, 0.3) is 0 Å². The highest BCUT2D eigenvalue weighted by Crippen LogP contribution is 2.31. The number of piperidine rings is 1. The standard InChI is InChI=1S/C15H28N2/c1-12(13-5-2-3-6-13)17-10-4-7-15(11-17)16-14-8-9-14/h12-16H,2-11H2,1H3. The highest BCUT2D eigenvalue weighted by molar-refractivity contribution is 4.90. The second-order valence-electron chi connectivity index (χ2n) is 6.56. The minimum absolute atomic E-state index is 0.792. The normalized spacial score (nSPS) is 34.1. The number of rotatable bonds is 4. The summed E-state index contributed by atoms with van der Waals surface area (Å²) in [6.07, 6.45) is 11.6. The molecule has 0 bridgehead atoms. The SMILES string of the molecule is CC(C1CCCC1)N1CCCC(NC2CC2)C1. The van der Waals surface area contributed by atoms with Gasteiger partial charge in [0.2, 0.25) is 0 Å². The zero-order valence-electron chi connectivity index (χ0n) is 11.3. The summed E-state index contributed by atoms with van der Waals surface area (Å²) >= 11 is 0. The van der Waals surface area contributed by atoms with Gasteiger partial charge < -0.3 is 5.32 Å². The van der Waals surface area contributed by atoms with E-state index in [-0.39, 0.29) is 0 Å². The average Bonchev–Trinajstić information content (AvgIpc) is 2.99. The summed E-state index contributed by atoms with van der Waals surface area (Å²) in [5.74, 6) is 0.995. The number of nitrogens with one attached hydrogen (secondary N) is 1. The lowest BCUT2D eigenvalue weighted by Gasteiger charge is -2.39. The topological polar surface area (TPSA) is 15.3 Å². The van der Waals surface area contributed by atoms with Crippen molar-refractivity contribution in [1.29, 1.82) is 0 Å². The molecule has 2 unspecified atom stereocenters. The molecule has 2 saturated carbocycles. The van der Waals surface area contributed by atoms with Crippen molar-refractivity contribution in [3.8, 4) is 0 Å². The van der Waals surface area contributed by atoms with Crippen LogP contribution >= 0.6 is 0 Å². The Labute approximate surface area is 106 Å². The van der Waals surface area contributed by atoms with Gasteiger partial charge in [-0.2, -0.15) is 0 Å². The van der Waals surface area contributed by atoms with Crippen LogP contribution in [0.25, 0.3) is 0 Å². The third-order valence-electron chi connectivity index (χ3n) is 5.16. The van der Waals surface area contributed by atoms with Gasteiger partial charge in [-0.1, -0.05) is 12.8 Å². The molecular formula is C15H28N2. The Morgan fingerprint density at radius 2 is 1.71 bits per heavy atom. The summed E-state index contributed by atoms with van der Waals surface area (Å²) in [5.41, 5.74) is 0. The number of hydrogen-bond acceptors (Lipinski definition) is 2. The largest absolute Gasteiger partial charge is 0.310 e. The molecule has 3 rings (SSSR count). The lowest BCUT2D eigenvalue weighted by atomic mass is 9.95. The molecule has 0 amide bonds. The van der Waals surface area contributed by atoms with Gasteiger partial charge >= 0.3 is 0 Å².